The molecule has 35 heavy (non-hydrogen) atoms. The Morgan fingerprint density at radius 3 is 2.37 bits per heavy atom. The standard InChI is InChI=1S/C25H24FN3O6/c1-2-13-12-29(25(33)28-22(13)31)24-20(26)21(30)18(35-24)11-27-23(32)19-14-7-3-5-9-16(14)34-17-10-6-4-8-15(17)19/h3-10,12,18-21,24,30H,2,11H2,1H3,(H,27,32)(H,28,31,33)/t18-,20-,21-,24-/m1/s1. The molecule has 10 heteroatoms. The van der Waals surface area contributed by atoms with Crippen LogP contribution < -0.4 is 21.3 Å². The van der Waals surface area contributed by atoms with Crippen molar-refractivity contribution < 1.29 is 23.8 Å². The Morgan fingerprint density at radius 1 is 1.11 bits per heavy atom. The summed E-state index contributed by atoms with van der Waals surface area (Å²) >= 11 is 0. The predicted molar refractivity (Wildman–Crippen MR) is 123 cm³/mol. The number of carbonyl (C=O) groups is 1. The number of fused-ring (bicyclic) bond motifs is 2. The van der Waals surface area contributed by atoms with Gasteiger partial charge in [-0.3, -0.25) is 19.1 Å². The van der Waals surface area contributed by atoms with Crippen molar-refractivity contribution in [1.82, 2.24) is 14.9 Å². The van der Waals surface area contributed by atoms with Gasteiger partial charge in [0.05, 0.1) is 5.92 Å². The largest absolute Gasteiger partial charge is 0.457 e. The van der Waals surface area contributed by atoms with E-state index in [0.717, 1.165) is 4.57 Å². The number of alkyl halides is 1. The molecule has 0 unspecified atom stereocenters. The molecule has 3 heterocycles. The normalized spacial score (nSPS) is 23.3. The summed E-state index contributed by atoms with van der Waals surface area (Å²) in [5, 5.41) is 13.2. The van der Waals surface area contributed by atoms with Crippen LogP contribution in [0.1, 0.15) is 35.8 Å². The molecule has 0 radical (unpaired) electrons. The van der Waals surface area contributed by atoms with Gasteiger partial charge in [-0.25, -0.2) is 9.18 Å². The van der Waals surface area contributed by atoms with Gasteiger partial charge in [0.2, 0.25) is 5.91 Å². The van der Waals surface area contributed by atoms with Crippen LogP contribution in [0.5, 0.6) is 11.5 Å². The summed E-state index contributed by atoms with van der Waals surface area (Å²) < 4.78 is 27.4. The van der Waals surface area contributed by atoms with Gasteiger partial charge in [0.25, 0.3) is 5.56 Å². The van der Waals surface area contributed by atoms with Crippen molar-refractivity contribution >= 4 is 5.91 Å². The fourth-order valence-electron chi connectivity index (χ4n) is 4.56. The van der Waals surface area contributed by atoms with Gasteiger partial charge < -0.3 is 19.9 Å². The van der Waals surface area contributed by atoms with Crippen molar-refractivity contribution in [3.05, 3.63) is 92.3 Å². The average molecular weight is 481 g/mol. The summed E-state index contributed by atoms with van der Waals surface area (Å²) in [6.07, 6.45) is -4.50. The highest BCUT2D eigenvalue weighted by Gasteiger charge is 2.46. The van der Waals surface area contributed by atoms with Crippen molar-refractivity contribution in [2.24, 2.45) is 0 Å². The minimum atomic E-state index is -1.94. The molecule has 0 bridgehead atoms. The maximum absolute atomic E-state index is 15.0. The summed E-state index contributed by atoms with van der Waals surface area (Å²) in [7, 11) is 0. The van der Waals surface area contributed by atoms with Crippen molar-refractivity contribution in [3.8, 4) is 11.5 Å². The SMILES string of the molecule is CCc1cn([C@@H]2O[C@H](CNC(=O)C3c4ccccc4Oc4ccccc43)[C@@H](O)[C@H]2F)c(=O)[nH]c1=O. The van der Waals surface area contributed by atoms with Gasteiger partial charge in [-0.15, -0.1) is 0 Å². The third-order valence-electron chi connectivity index (χ3n) is 6.41. The Labute approximate surface area is 199 Å². The van der Waals surface area contributed by atoms with Crippen molar-refractivity contribution in [1.29, 1.82) is 0 Å². The number of hydrogen-bond donors (Lipinski definition) is 3. The maximum atomic E-state index is 15.0. The number of aryl methyl sites for hydroxylation is 1. The molecule has 0 saturated carbocycles. The Morgan fingerprint density at radius 2 is 1.74 bits per heavy atom. The zero-order valence-electron chi connectivity index (χ0n) is 18.8. The first-order valence-electron chi connectivity index (χ1n) is 11.3. The summed E-state index contributed by atoms with van der Waals surface area (Å²) in [4.78, 5) is 39.5. The number of nitrogens with one attached hydrogen (secondary N) is 2. The molecule has 0 aliphatic carbocycles. The van der Waals surface area contributed by atoms with E-state index in [1.54, 1.807) is 31.2 Å². The molecule has 1 aromatic heterocycles. The van der Waals surface area contributed by atoms with Crippen LogP contribution in [-0.2, 0) is 16.0 Å². The molecule has 5 rings (SSSR count). The second-order valence-electron chi connectivity index (χ2n) is 8.53. The molecule has 4 atom stereocenters. The number of para-hydroxylation sites is 2. The minimum absolute atomic E-state index is 0.183. The highest BCUT2D eigenvalue weighted by atomic mass is 19.1. The van der Waals surface area contributed by atoms with E-state index in [0.29, 0.717) is 29.0 Å². The fourth-order valence-corrected chi connectivity index (χ4v) is 4.56. The van der Waals surface area contributed by atoms with Crippen LogP contribution in [0.4, 0.5) is 4.39 Å². The number of halogens is 1. The van der Waals surface area contributed by atoms with Gasteiger partial charge in [-0.05, 0) is 18.6 Å². The van der Waals surface area contributed by atoms with Gasteiger partial charge >= 0.3 is 5.69 Å². The van der Waals surface area contributed by atoms with Crippen LogP contribution in [0.3, 0.4) is 0 Å². The third-order valence-corrected chi connectivity index (χ3v) is 6.41. The van der Waals surface area contributed by atoms with Gasteiger partial charge in [-0.2, -0.15) is 0 Å². The number of aliphatic hydroxyl groups excluding tert-OH is 1. The van der Waals surface area contributed by atoms with E-state index in [2.05, 4.69) is 10.3 Å². The Balaban J connectivity index is 1.35. The highest BCUT2D eigenvalue weighted by molar-refractivity contribution is 5.89. The molecule has 2 aliphatic rings. The molecule has 1 fully saturated rings. The maximum Gasteiger partial charge on any atom is 0.330 e. The second-order valence-corrected chi connectivity index (χ2v) is 8.53. The lowest BCUT2D eigenvalue weighted by Gasteiger charge is -2.28. The monoisotopic (exact) mass is 481 g/mol. The molecule has 182 valence electrons. The van der Waals surface area contributed by atoms with Gasteiger partial charge in [0.1, 0.15) is 23.7 Å². The third kappa shape index (κ3) is 4.04. The molecule has 0 spiro atoms. The molecule has 2 aromatic carbocycles. The number of H-pyrrole nitrogens is 1. The van der Waals surface area contributed by atoms with E-state index in [-0.39, 0.29) is 18.0 Å². The summed E-state index contributed by atoms with van der Waals surface area (Å²) in [6, 6.07) is 14.4. The van der Waals surface area contributed by atoms with E-state index < -0.39 is 41.8 Å². The zero-order chi connectivity index (χ0) is 24.7. The predicted octanol–water partition coefficient (Wildman–Crippen LogP) is 1.75. The molecule has 1 saturated heterocycles. The van der Waals surface area contributed by atoms with Crippen LogP contribution in [0, 0.1) is 0 Å². The molecule has 2 aliphatic heterocycles. The number of aliphatic hydroxyl groups is 1. The number of carbonyl (C=O) groups excluding carboxylic acids is 1. The summed E-state index contributed by atoms with van der Waals surface area (Å²) in [6.45, 7) is 1.54. The average Bonchev–Trinajstić information content (AvgIpc) is 3.14. The summed E-state index contributed by atoms with van der Waals surface area (Å²) in [5.74, 6) is 0.103. The van der Waals surface area contributed by atoms with Gasteiger partial charge in [0.15, 0.2) is 12.4 Å². The number of nitrogens with zero attached hydrogens (tertiary/aromatic N) is 1. The van der Waals surface area contributed by atoms with Crippen LogP contribution in [-0.4, -0.2) is 45.5 Å². The van der Waals surface area contributed by atoms with Crippen molar-refractivity contribution in [2.45, 2.75) is 43.9 Å². The zero-order valence-corrected chi connectivity index (χ0v) is 18.8. The first-order valence-corrected chi connectivity index (χ1v) is 11.3. The second kappa shape index (κ2) is 9.12. The number of aromatic nitrogens is 2. The number of rotatable bonds is 5. The Bertz CT molecular complexity index is 1340. The molecule has 9 nitrogen and oxygen atoms in total. The lowest BCUT2D eigenvalue weighted by atomic mass is 9.87. The summed E-state index contributed by atoms with van der Waals surface area (Å²) in [5.41, 5.74) is 0.258. The van der Waals surface area contributed by atoms with Crippen LogP contribution in [0.25, 0.3) is 0 Å². The number of benzene rings is 2. The molecular formula is C25H24FN3O6. The van der Waals surface area contributed by atoms with Crippen LogP contribution >= 0.6 is 0 Å². The molecule has 1 amide bonds. The van der Waals surface area contributed by atoms with Crippen molar-refractivity contribution in [3.63, 3.8) is 0 Å². The van der Waals surface area contributed by atoms with Gasteiger partial charge in [-0.1, -0.05) is 43.3 Å². The van der Waals surface area contributed by atoms with E-state index in [1.807, 2.05) is 24.3 Å². The van der Waals surface area contributed by atoms with Crippen LogP contribution in [0.2, 0.25) is 0 Å². The molecular weight excluding hydrogens is 457 g/mol. The van der Waals surface area contributed by atoms with Crippen LogP contribution in [0.15, 0.2) is 64.3 Å². The number of ether oxygens (including phenoxy) is 2. The quantitative estimate of drug-likeness (QED) is 0.510. The Hall–Kier alpha value is -3.76. The fraction of sp³-hybridized carbons (Fsp3) is 0.320. The van der Waals surface area contributed by atoms with Crippen molar-refractivity contribution in [2.75, 3.05) is 6.54 Å². The molecule has 3 N–H and O–H groups in total. The lowest BCUT2D eigenvalue weighted by molar-refractivity contribution is -0.123. The molecule has 3 aromatic rings. The van der Waals surface area contributed by atoms with Gasteiger partial charge in [0, 0.05) is 29.4 Å². The highest BCUT2D eigenvalue weighted by Crippen LogP contribution is 2.44. The number of hydrogen-bond acceptors (Lipinski definition) is 6. The number of aromatic amines is 1. The minimum Gasteiger partial charge on any atom is -0.457 e. The van der Waals surface area contributed by atoms with E-state index in [9.17, 15) is 23.9 Å². The first-order chi connectivity index (χ1) is 16.9. The van der Waals surface area contributed by atoms with E-state index >= 15 is 0 Å². The topological polar surface area (TPSA) is 123 Å². The van der Waals surface area contributed by atoms with E-state index in [4.69, 9.17) is 9.47 Å². The number of amides is 1. The first kappa shape index (κ1) is 23.0. The van der Waals surface area contributed by atoms with E-state index in [1.165, 1.54) is 6.20 Å². The smallest absolute Gasteiger partial charge is 0.330 e. The lowest BCUT2D eigenvalue weighted by Crippen LogP contribution is -2.41. The Kier molecular flexibility index (Phi) is 6.00.